The molecule has 0 saturated heterocycles. The van der Waals surface area contributed by atoms with Crippen molar-refractivity contribution >= 4 is 54.1 Å². The summed E-state index contributed by atoms with van der Waals surface area (Å²) in [7, 11) is 0.126. The van der Waals surface area contributed by atoms with Gasteiger partial charge in [0.05, 0.1) is 11.8 Å². The number of methoxy groups -OCH3 is 1. The smallest absolute Gasteiger partial charge is 0.406 e. The van der Waals surface area contributed by atoms with Gasteiger partial charge in [0.25, 0.3) is 0 Å². The third-order valence-corrected chi connectivity index (χ3v) is 7.92. The second-order valence-corrected chi connectivity index (χ2v) is 16.6. The lowest BCUT2D eigenvalue weighted by molar-refractivity contribution is -0.274. The number of nitrogens with zero attached hydrogens (tertiary/aromatic N) is 3. The van der Waals surface area contributed by atoms with Crippen LogP contribution in [0.15, 0.2) is 36.5 Å². The van der Waals surface area contributed by atoms with Crippen molar-refractivity contribution in [3.05, 3.63) is 45.7 Å². The van der Waals surface area contributed by atoms with Crippen LogP contribution in [0, 0.1) is 3.57 Å². The Morgan fingerprint density at radius 3 is 2.53 bits per heavy atom. The van der Waals surface area contributed by atoms with Gasteiger partial charge in [-0.25, -0.2) is 9.78 Å². The first kappa shape index (κ1) is 30.1. The van der Waals surface area contributed by atoms with Gasteiger partial charge in [-0.1, -0.05) is 31.8 Å². The van der Waals surface area contributed by atoms with E-state index in [2.05, 4.69) is 57.3 Å². The van der Waals surface area contributed by atoms with Crippen molar-refractivity contribution in [2.75, 3.05) is 43.3 Å². The normalized spacial score (nSPS) is 14.8. The van der Waals surface area contributed by atoms with Crippen molar-refractivity contribution in [2.45, 2.75) is 38.2 Å². The van der Waals surface area contributed by atoms with Crippen LogP contribution in [0.1, 0.15) is 11.7 Å². The summed E-state index contributed by atoms with van der Waals surface area (Å²) >= 11 is 2.09. The van der Waals surface area contributed by atoms with Gasteiger partial charge in [0.15, 0.2) is 5.82 Å². The number of aromatic nitrogens is 1. The van der Waals surface area contributed by atoms with Crippen molar-refractivity contribution in [3.8, 4) is 5.75 Å². The summed E-state index contributed by atoms with van der Waals surface area (Å²) in [4.78, 5) is 33.2. The van der Waals surface area contributed by atoms with Crippen LogP contribution >= 0.6 is 22.6 Å². The first-order chi connectivity index (χ1) is 17.8. The van der Waals surface area contributed by atoms with Crippen molar-refractivity contribution in [2.24, 2.45) is 0 Å². The fraction of sp³-hybridized carbons (Fsp3) is 0.458. The van der Waals surface area contributed by atoms with Crippen molar-refractivity contribution < 1.29 is 37.0 Å². The van der Waals surface area contributed by atoms with Crippen LogP contribution in [0.4, 0.5) is 29.5 Å². The SMILES string of the molecule is CO[C@@H](CNC(=O)N1CC(=O)N(COCC[Si](C)(C)C)c2cc(I)cnc21)c1ccc(OC(F)(F)F)cc1. The third kappa shape index (κ3) is 8.54. The number of carbonyl (C=O) groups excluding carboxylic acids is 2. The summed E-state index contributed by atoms with van der Waals surface area (Å²) in [5.41, 5.74) is 1.01. The number of nitrogens with one attached hydrogen (secondary N) is 1. The van der Waals surface area contributed by atoms with Gasteiger partial charge in [-0.05, 0) is 52.4 Å². The first-order valence-electron chi connectivity index (χ1n) is 11.7. The van der Waals surface area contributed by atoms with Crippen LogP contribution in [0.2, 0.25) is 25.7 Å². The molecule has 1 N–H and O–H groups in total. The van der Waals surface area contributed by atoms with Gasteiger partial charge in [0, 0.05) is 38.1 Å². The van der Waals surface area contributed by atoms with Crippen LogP contribution in [0.5, 0.6) is 5.75 Å². The maximum atomic E-state index is 13.1. The van der Waals surface area contributed by atoms with Gasteiger partial charge in [-0.15, -0.1) is 13.2 Å². The zero-order chi connectivity index (χ0) is 28.1. The highest BCUT2D eigenvalue weighted by atomic mass is 127. The first-order valence-corrected chi connectivity index (χ1v) is 16.5. The lowest BCUT2D eigenvalue weighted by Crippen LogP contribution is -2.52. The molecule has 0 spiro atoms. The molecule has 0 unspecified atom stereocenters. The molecule has 3 rings (SSSR count). The fourth-order valence-corrected chi connectivity index (χ4v) is 4.79. The van der Waals surface area contributed by atoms with E-state index < -0.39 is 26.6 Å². The molecule has 0 aliphatic carbocycles. The average molecular weight is 667 g/mol. The minimum atomic E-state index is -4.79. The van der Waals surface area contributed by atoms with Crippen molar-refractivity contribution in [1.82, 2.24) is 10.3 Å². The topological polar surface area (TPSA) is 93.2 Å². The number of amides is 3. The number of hydrogen-bond donors (Lipinski definition) is 1. The predicted molar refractivity (Wildman–Crippen MR) is 147 cm³/mol. The number of ether oxygens (including phenoxy) is 3. The average Bonchev–Trinajstić information content (AvgIpc) is 2.82. The molecule has 1 aliphatic rings. The molecule has 1 aliphatic heterocycles. The van der Waals surface area contributed by atoms with Crippen LogP contribution in [-0.2, 0) is 14.3 Å². The molecular weight excluding hydrogens is 636 g/mol. The van der Waals surface area contributed by atoms with E-state index in [-0.39, 0.29) is 31.5 Å². The van der Waals surface area contributed by atoms with E-state index in [1.165, 1.54) is 41.2 Å². The van der Waals surface area contributed by atoms with Gasteiger partial charge in [0.2, 0.25) is 5.91 Å². The number of carbonyl (C=O) groups is 2. The Kier molecular flexibility index (Phi) is 10.00. The van der Waals surface area contributed by atoms with E-state index in [1.54, 1.807) is 12.3 Å². The highest BCUT2D eigenvalue weighted by molar-refractivity contribution is 14.1. The van der Waals surface area contributed by atoms with E-state index in [4.69, 9.17) is 9.47 Å². The van der Waals surface area contributed by atoms with Crippen LogP contribution < -0.4 is 19.9 Å². The zero-order valence-electron chi connectivity index (χ0n) is 21.5. The van der Waals surface area contributed by atoms with Crippen LogP contribution in [0.25, 0.3) is 0 Å². The summed E-state index contributed by atoms with van der Waals surface area (Å²) < 4.78 is 53.1. The maximum absolute atomic E-state index is 13.1. The number of benzene rings is 1. The molecule has 0 radical (unpaired) electrons. The molecule has 0 bridgehead atoms. The number of fused-ring (bicyclic) bond motifs is 1. The Morgan fingerprint density at radius 2 is 1.92 bits per heavy atom. The molecule has 9 nitrogen and oxygen atoms in total. The van der Waals surface area contributed by atoms with E-state index in [9.17, 15) is 22.8 Å². The molecule has 208 valence electrons. The standard InChI is InChI=1S/C24H30F3IN4O5Si/c1-35-20(16-5-7-18(8-6-16)37-24(25,26)27)13-30-23(34)31-14-21(33)32(15-36-9-10-38(2,3)4)19-11-17(28)12-29-22(19)31/h5-8,11-12,20H,9-10,13-15H2,1-4H3,(H,30,34)/t20-/m0/s1. The lowest BCUT2D eigenvalue weighted by Gasteiger charge is -2.35. The Hall–Kier alpha value is -2.43. The number of alkyl halides is 3. The maximum Gasteiger partial charge on any atom is 0.573 e. The lowest BCUT2D eigenvalue weighted by atomic mass is 10.1. The largest absolute Gasteiger partial charge is 0.573 e. The molecule has 1 aromatic carbocycles. The molecule has 0 saturated carbocycles. The number of urea groups is 1. The highest BCUT2D eigenvalue weighted by Gasteiger charge is 2.35. The van der Waals surface area contributed by atoms with E-state index in [0.29, 0.717) is 23.7 Å². The van der Waals surface area contributed by atoms with E-state index >= 15 is 0 Å². The zero-order valence-corrected chi connectivity index (χ0v) is 24.6. The summed E-state index contributed by atoms with van der Waals surface area (Å²) in [5.74, 6) is -0.356. The predicted octanol–water partition coefficient (Wildman–Crippen LogP) is 5.15. The molecule has 3 amide bonds. The molecule has 38 heavy (non-hydrogen) atoms. The van der Waals surface area contributed by atoms with Gasteiger partial charge < -0.3 is 19.5 Å². The summed E-state index contributed by atoms with van der Waals surface area (Å²) in [6.07, 6.45) is -3.85. The van der Waals surface area contributed by atoms with Gasteiger partial charge >= 0.3 is 12.4 Å². The number of hydrogen-bond acceptors (Lipinski definition) is 6. The van der Waals surface area contributed by atoms with Gasteiger partial charge in [-0.2, -0.15) is 0 Å². The molecule has 1 atom stereocenters. The fourth-order valence-electron chi connectivity index (χ4n) is 3.60. The monoisotopic (exact) mass is 666 g/mol. The Morgan fingerprint density at radius 1 is 1.24 bits per heavy atom. The minimum Gasteiger partial charge on any atom is -0.406 e. The molecule has 0 fully saturated rings. The Balaban J connectivity index is 1.68. The highest BCUT2D eigenvalue weighted by Crippen LogP contribution is 2.33. The quantitative estimate of drug-likeness (QED) is 0.215. The molecule has 14 heteroatoms. The van der Waals surface area contributed by atoms with Crippen LogP contribution in [0.3, 0.4) is 0 Å². The van der Waals surface area contributed by atoms with E-state index in [0.717, 1.165) is 9.61 Å². The summed E-state index contributed by atoms with van der Waals surface area (Å²) in [5, 5.41) is 2.73. The molecule has 2 heterocycles. The van der Waals surface area contributed by atoms with E-state index in [1.807, 2.05) is 0 Å². The van der Waals surface area contributed by atoms with Gasteiger partial charge in [0.1, 0.15) is 19.0 Å². The summed E-state index contributed by atoms with van der Waals surface area (Å²) in [6.45, 7) is 7.10. The minimum absolute atomic E-state index is 0.00270. The molecule has 2 aromatic rings. The number of anilines is 2. The second-order valence-electron chi connectivity index (χ2n) is 9.78. The van der Waals surface area contributed by atoms with Crippen molar-refractivity contribution in [1.29, 1.82) is 0 Å². The summed E-state index contributed by atoms with van der Waals surface area (Å²) in [6, 6.07) is 7.34. The van der Waals surface area contributed by atoms with Gasteiger partial charge in [-0.3, -0.25) is 14.6 Å². The third-order valence-electron chi connectivity index (χ3n) is 5.63. The number of rotatable bonds is 10. The molecular formula is C24H30F3IN4O5Si. The Bertz CT molecular complexity index is 1130. The van der Waals surface area contributed by atoms with Crippen LogP contribution in [-0.4, -0.2) is 64.9 Å². The second kappa shape index (κ2) is 12.6. The van der Waals surface area contributed by atoms with Crippen molar-refractivity contribution in [3.63, 3.8) is 0 Å². The Labute approximate surface area is 233 Å². The number of pyridine rings is 1. The molecule has 1 aromatic heterocycles. The number of halogens is 4.